The molecule has 1 spiro atoms. The van der Waals surface area contributed by atoms with Crippen LogP contribution in [0.25, 0.3) is 0 Å². The monoisotopic (exact) mass is 258 g/mol. The topological polar surface area (TPSA) is 17.1 Å². The predicted octanol–water partition coefficient (Wildman–Crippen LogP) is 4.29. The van der Waals surface area contributed by atoms with E-state index >= 15 is 0 Å². The number of Topliss-reactive ketones (excluding diaryl/α,β-unsaturated/α-hetero) is 1. The molecule has 0 aliphatic heterocycles. The van der Waals surface area contributed by atoms with Crippen LogP contribution in [0.2, 0.25) is 5.02 Å². The second-order valence-electron chi connectivity index (χ2n) is 5.92. The summed E-state index contributed by atoms with van der Waals surface area (Å²) in [6, 6.07) is 5.82. The van der Waals surface area contributed by atoms with Crippen molar-refractivity contribution in [3.05, 3.63) is 46.0 Å². The Morgan fingerprint density at radius 1 is 1.33 bits per heavy atom. The lowest BCUT2D eigenvalue weighted by Crippen LogP contribution is -2.37. The zero-order valence-electron chi connectivity index (χ0n) is 10.2. The molecule has 0 amide bonds. The van der Waals surface area contributed by atoms with E-state index in [2.05, 4.69) is 6.08 Å². The first kappa shape index (κ1) is 10.8. The van der Waals surface area contributed by atoms with Crippen molar-refractivity contribution in [2.45, 2.75) is 37.5 Å². The Labute approximate surface area is 112 Å². The molecule has 1 aromatic carbocycles. The number of halogens is 1. The van der Waals surface area contributed by atoms with E-state index in [0.717, 1.165) is 29.0 Å². The van der Waals surface area contributed by atoms with Gasteiger partial charge in [0.05, 0.1) is 0 Å². The minimum absolute atomic E-state index is 0.172. The largest absolute Gasteiger partial charge is 0.294 e. The molecule has 0 saturated heterocycles. The average Bonchev–Trinajstić information content (AvgIpc) is 2.95. The maximum atomic E-state index is 12.1. The van der Waals surface area contributed by atoms with E-state index in [1.165, 1.54) is 12.8 Å². The molecule has 2 unspecified atom stereocenters. The first-order chi connectivity index (χ1) is 8.71. The third kappa shape index (κ3) is 1.21. The molecule has 1 nitrogen and oxygen atoms in total. The molecule has 0 N–H and O–H groups in total. The molecule has 3 aliphatic carbocycles. The van der Waals surface area contributed by atoms with Gasteiger partial charge in [0.15, 0.2) is 5.78 Å². The van der Waals surface area contributed by atoms with Gasteiger partial charge in [0.2, 0.25) is 0 Å². The number of benzene rings is 1. The second-order valence-corrected chi connectivity index (χ2v) is 6.32. The highest BCUT2D eigenvalue weighted by Crippen LogP contribution is 2.59. The molecule has 0 radical (unpaired) electrons. The molecule has 1 aromatic rings. The standard InChI is InChI=1S/C16H15ClO/c17-13-3-1-2-12-14(18)6-7-16(15(12)13)9-10-4-5-11(16)8-10/h1-4,11H,5-9H2. The van der Waals surface area contributed by atoms with Crippen molar-refractivity contribution in [3.63, 3.8) is 0 Å². The van der Waals surface area contributed by atoms with Crippen LogP contribution in [0.5, 0.6) is 0 Å². The average molecular weight is 259 g/mol. The lowest BCUT2D eigenvalue weighted by atomic mass is 9.62. The van der Waals surface area contributed by atoms with Crippen LogP contribution in [0.15, 0.2) is 29.8 Å². The van der Waals surface area contributed by atoms with Gasteiger partial charge in [-0.3, -0.25) is 4.79 Å². The normalized spacial score (nSPS) is 32.8. The van der Waals surface area contributed by atoms with E-state index in [9.17, 15) is 4.79 Å². The van der Waals surface area contributed by atoms with E-state index in [4.69, 9.17) is 11.6 Å². The summed E-state index contributed by atoms with van der Waals surface area (Å²) in [6.07, 6.45) is 7.60. The number of hydrogen-bond acceptors (Lipinski definition) is 1. The van der Waals surface area contributed by atoms with Gasteiger partial charge < -0.3 is 0 Å². The number of hydrogen-bond donors (Lipinski definition) is 0. The Hall–Kier alpha value is -1.08. The minimum Gasteiger partial charge on any atom is -0.294 e. The first-order valence-corrected chi connectivity index (χ1v) is 7.08. The molecule has 4 rings (SSSR count). The van der Waals surface area contributed by atoms with E-state index in [1.807, 2.05) is 18.2 Å². The molecular weight excluding hydrogens is 244 g/mol. The minimum atomic E-state index is 0.172. The van der Waals surface area contributed by atoms with Gasteiger partial charge in [0.1, 0.15) is 0 Å². The van der Waals surface area contributed by atoms with Gasteiger partial charge in [-0.15, -0.1) is 0 Å². The number of allylic oxidation sites excluding steroid dienone is 2. The first-order valence-electron chi connectivity index (χ1n) is 6.71. The summed E-state index contributed by atoms with van der Waals surface area (Å²) in [6.45, 7) is 0. The van der Waals surface area contributed by atoms with Crippen LogP contribution in [0.4, 0.5) is 0 Å². The second kappa shape index (κ2) is 3.48. The lowest BCUT2D eigenvalue weighted by molar-refractivity contribution is 0.0939. The molecule has 0 heterocycles. The van der Waals surface area contributed by atoms with Crippen molar-refractivity contribution in [1.29, 1.82) is 0 Å². The van der Waals surface area contributed by atoms with Gasteiger partial charge in [-0.1, -0.05) is 35.4 Å². The van der Waals surface area contributed by atoms with E-state index in [-0.39, 0.29) is 11.2 Å². The van der Waals surface area contributed by atoms with Crippen molar-refractivity contribution < 1.29 is 4.79 Å². The summed E-state index contributed by atoms with van der Waals surface area (Å²) >= 11 is 6.44. The molecule has 2 atom stereocenters. The highest BCUT2D eigenvalue weighted by atomic mass is 35.5. The van der Waals surface area contributed by atoms with Crippen LogP contribution in [-0.2, 0) is 5.41 Å². The zero-order valence-corrected chi connectivity index (χ0v) is 11.0. The molecule has 3 aliphatic rings. The highest BCUT2D eigenvalue weighted by molar-refractivity contribution is 6.32. The van der Waals surface area contributed by atoms with Crippen molar-refractivity contribution in [1.82, 2.24) is 0 Å². The summed E-state index contributed by atoms with van der Waals surface area (Å²) < 4.78 is 0. The third-order valence-corrected chi connectivity index (χ3v) is 5.45. The van der Waals surface area contributed by atoms with Crippen molar-refractivity contribution in [3.8, 4) is 0 Å². The Balaban J connectivity index is 1.97. The Kier molecular flexibility index (Phi) is 2.09. The summed E-state index contributed by atoms with van der Waals surface area (Å²) in [5.74, 6) is 0.953. The molecular formula is C16H15ClO. The fourth-order valence-corrected chi connectivity index (χ4v) is 4.71. The molecule has 1 fully saturated rings. The zero-order chi connectivity index (χ0) is 12.3. The van der Waals surface area contributed by atoms with Crippen LogP contribution in [-0.4, -0.2) is 5.78 Å². The molecule has 92 valence electrons. The van der Waals surface area contributed by atoms with Gasteiger partial charge in [-0.2, -0.15) is 0 Å². The van der Waals surface area contributed by atoms with E-state index < -0.39 is 0 Å². The number of carbonyl (C=O) groups is 1. The fraction of sp³-hybridized carbons (Fsp3) is 0.438. The van der Waals surface area contributed by atoms with Crippen LogP contribution < -0.4 is 0 Å². The van der Waals surface area contributed by atoms with Crippen LogP contribution in [0.1, 0.15) is 48.0 Å². The van der Waals surface area contributed by atoms with Gasteiger partial charge in [0.25, 0.3) is 0 Å². The number of rotatable bonds is 0. The van der Waals surface area contributed by atoms with Gasteiger partial charge in [0, 0.05) is 22.4 Å². The summed E-state index contributed by atoms with van der Waals surface area (Å²) in [4.78, 5) is 12.1. The summed E-state index contributed by atoms with van der Waals surface area (Å²) in [5, 5.41) is 0.800. The number of carbonyl (C=O) groups excluding carboxylic acids is 1. The van der Waals surface area contributed by atoms with Crippen molar-refractivity contribution >= 4 is 17.4 Å². The molecule has 0 aromatic heterocycles. The quantitative estimate of drug-likeness (QED) is 0.635. The van der Waals surface area contributed by atoms with Crippen molar-refractivity contribution in [2.24, 2.45) is 5.92 Å². The molecule has 2 heteroatoms. The SMILES string of the molecule is O=C1CCC2(CC3=CCC2C3)c2c(Cl)cccc21. The maximum Gasteiger partial charge on any atom is 0.163 e. The van der Waals surface area contributed by atoms with Gasteiger partial charge in [-0.05, 0) is 43.2 Å². The molecule has 18 heavy (non-hydrogen) atoms. The van der Waals surface area contributed by atoms with Crippen LogP contribution in [0, 0.1) is 5.92 Å². The van der Waals surface area contributed by atoms with E-state index in [1.54, 1.807) is 5.57 Å². The Morgan fingerprint density at radius 3 is 2.94 bits per heavy atom. The number of ketones is 1. The van der Waals surface area contributed by atoms with Crippen LogP contribution >= 0.6 is 11.6 Å². The van der Waals surface area contributed by atoms with E-state index in [0.29, 0.717) is 12.3 Å². The number of fused-ring (bicyclic) bond motifs is 5. The Bertz CT molecular complexity index is 587. The smallest absolute Gasteiger partial charge is 0.163 e. The molecule has 2 bridgehead atoms. The molecule has 1 saturated carbocycles. The lowest BCUT2D eigenvalue weighted by Gasteiger charge is -2.41. The Morgan fingerprint density at radius 2 is 2.22 bits per heavy atom. The maximum absolute atomic E-state index is 12.1. The van der Waals surface area contributed by atoms with Gasteiger partial charge >= 0.3 is 0 Å². The highest BCUT2D eigenvalue weighted by Gasteiger charge is 2.52. The van der Waals surface area contributed by atoms with Gasteiger partial charge in [-0.25, -0.2) is 0 Å². The van der Waals surface area contributed by atoms with Crippen LogP contribution in [0.3, 0.4) is 0 Å². The third-order valence-electron chi connectivity index (χ3n) is 5.13. The fourth-order valence-electron chi connectivity index (χ4n) is 4.35. The predicted molar refractivity (Wildman–Crippen MR) is 72.1 cm³/mol. The van der Waals surface area contributed by atoms with Crippen molar-refractivity contribution in [2.75, 3.05) is 0 Å². The summed E-state index contributed by atoms with van der Waals surface area (Å²) in [5.41, 5.74) is 3.81. The summed E-state index contributed by atoms with van der Waals surface area (Å²) in [7, 11) is 0.